The molecule has 9 N–H and O–H groups in total. The fraction of sp³-hybridized carbons (Fsp3) is 0.560. The number of carbonyl (C=O) groups is 4. The summed E-state index contributed by atoms with van der Waals surface area (Å²) >= 11 is 0. The number of amides is 8. The van der Waals surface area contributed by atoms with Crippen LogP contribution in [0.1, 0.15) is 84.5 Å². The molecule has 19 nitrogen and oxygen atoms in total. The van der Waals surface area contributed by atoms with E-state index < -0.39 is 6.23 Å². The lowest BCUT2D eigenvalue weighted by atomic mass is 9.79. The third kappa shape index (κ3) is 25.1. The molecule has 0 saturated heterocycles. The Morgan fingerprint density at radius 1 is 0.623 bits per heavy atom. The Hall–Kier alpha value is -6.18. The lowest BCUT2D eigenvalue weighted by Gasteiger charge is -2.31. The summed E-state index contributed by atoms with van der Waals surface area (Å²) < 4.78 is 21.3. The van der Waals surface area contributed by atoms with Gasteiger partial charge in [0.15, 0.2) is 6.23 Å². The number of allylic oxidation sites excluding steroid dienone is 4. The standard InChI is InChI=1S/C50H79N11O8/c1-39(34-50(5,6)18-24-60(26-20-52-45(62)56-36-41-12-9-31-66-41)27-23-55-48(65)59-44-15-7-8-30-69-44)16-17-49(3,4)35-40(2)51-19-25-61(28-21-53-46(63)57-37-42-13-10-32-67-42)29-22-54-47(64)58-38-43-14-11-33-68-43/h7-16,30-33,40,44,51H,17-29,34-38H2,1-6H3,(H2,52,56,62)(H2,53,57,63)(H2,54,58,64)(H2,55,59,65)/b39-16-. The molecule has 0 aromatic carbocycles. The van der Waals surface area contributed by atoms with E-state index in [0.29, 0.717) is 89.3 Å². The molecule has 382 valence electrons. The molecule has 4 rings (SSSR count). The molecule has 1 aliphatic rings. The number of rotatable bonds is 32. The van der Waals surface area contributed by atoms with Crippen LogP contribution >= 0.6 is 0 Å². The number of hydrogen-bond acceptors (Lipinski definition) is 11. The zero-order valence-corrected chi connectivity index (χ0v) is 41.6. The van der Waals surface area contributed by atoms with Gasteiger partial charge in [0, 0.05) is 71.5 Å². The van der Waals surface area contributed by atoms with E-state index in [4.69, 9.17) is 18.0 Å². The maximum atomic E-state index is 12.6. The topological polar surface area (TPSA) is 232 Å². The van der Waals surface area contributed by atoms with E-state index in [1.807, 2.05) is 24.3 Å². The Bertz CT molecular complexity index is 1940. The van der Waals surface area contributed by atoms with E-state index in [2.05, 4.69) is 105 Å². The summed E-state index contributed by atoms with van der Waals surface area (Å²) in [7, 11) is 0. The largest absolute Gasteiger partial charge is 0.475 e. The molecule has 0 spiro atoms. The molecule has 0 bridgehead atoms. The minimum atomic E-state index is -0.511. The van der Waals surface area contributed by atoms with Gasteiger partial charge >= 0.3 is 24.1 Å². The van der Waals surface area contributed by atoms with Gasteiger partial charge in [-0.2, -0.15) is 0 Å². The number of nitrogens with zero attached hydrogens (tertiary/aromatic N) is 2. The molecular formula is C50H79N11O8. The fourth-order valence-electron chi connectivity index (χ4n) is 7.84. The van der Waals surface area contributed by atoms with Gasteiger partial charge in [-0.05, 0) is 105 Å². The summed E-state index contributed by atoms with van der Waals surface area (Å²) in [6.45, 7) is 21.0. The van der Waals surface area contributed by atoms with Crippen LogP contribution in [0.4, 0.5) is 19.2 Å². The molecule has 0 aliphatic carbocycles. The van der Waals surface area contributed by atoms with Crippen LogP contribution in [0.5, 0.6) is 0 Å². The highest BCUT2D eigenvalue weighted by Crippen LogP contribution is 2.32. The normalized spacial score (nSPS) is 14.3. The van der Waals surface area contributed by atoms with Crippen molar-refractivity contribution in [2.45, 2.75) is 99.1 Å². The van der Waals surface area contributed by atoms with Crippen LogP contribution < -0.4 is 47.9 Å². The first-order valence-electron chi connectivity index (χ1n) is 24.1. The van der Waals surface area contributed by atoms with Gasteiger partial charge in [0.25, 0.3) is 0 Å². The first kappa shape index (κ1) is 55.4. The molecule has 4 heterocycles. The van der Waals surface area contributed by atoms with E-state index in [1.54, 1.807) is 49.1 Å². The number of ether oxygens (including phenoxy) is 1. The quantitative estimate of drug-likeness (QED) is 0.0323. The van der Waals surface area contributed by atoms with E-state index in [0.717, 1.165) is 45.3 Å². The van der Waals surface area contributed by atoms with Crippen molar-refractivity contribution in [1.29, 1.82) is 0 Å². The zero-order valence-electron chi connectivity index (χ0n) is 41.6. The Kier molecular flexibility index (Phi) is 24.4. The third-order valence-electron chi connectivity index (χ3n) is 11.5. The minimum absolute atomic E-state index is 0.0129. The Morgan fingerprint density at radius 3 is 1.54 bits per heavy atom. The molecule has 1 aliphatic heterocycles. The van der Waals surface area contributed by atoms with Crippen molar-refractivity contribution in [3.05, 3.63) is 109 Å². The first-order chi connectivity index (χ1) is 33.1. The van der Waals surface area contributed by atoms with Crippen LogP contribution in [0.25, 0.3) is 0 Å². The average Bonchev–Trinajstić information content (AvgIpc) is 4.14. The summed E-state index contributed by atoms with van der Waals surface area (Å²) in [4.78, 5) is 54.4. The monoisotopic (exact) mass is 962 g/mol. The lowest BCUT2D eigenvalue weighted by molar-refractivity contribution is 0.151. The van der Waals surface area contributed by atoms with Gasteiger partial charge in [0.05, 0.1) is 44.7 Å². The molecule has 3 aromatic rings. The van der Waals surface area contributed by atoms with Gasteiger partial charge in [-0.25, -0.2) is 19.2 Å². The van der Waals surface area contributed by atoms with E-state index in [9.17, 15) is 19.2 Å². The van der Waals surface area contributed by atoms with Crippen molar-refractivity contribution in [1.82, 2.24) is 57.7 Å². The summed E-state index contributed by atoms with van der Waals surface area (Å²) in [6.07, 6.45) is 17.3. The molecule has 0 radical (unpaired) electrons. The van der Waals surface area contributed by atoms with Gasteiger partial charge in [-0.3, -0.25) is 15.1 Å². The molecule has 2 unspecified atom stereocenters. The molecule has 0 saturated carbocycles. The third-order valence-corrected chi connectivity index (χ3v) is 11.5. The van der Waals surface area contributed by atoms with Crippen LogP contribution in [0.15, 0.2) is 105 Å². The zero-order chi connectivity index (χ0) is 49.7. The highest BCUT2D eigenvalue weighted by atomic mass is 16.5. The van der Waals surface area contributed by atoms with E-state index >= 15 is 0 Å². The smallest absolute Gasteiger partial charge is 0.317 e. The molecule has 8 amide bonds. The molecule has 19 heteroatoms. The second-order valence-corrected chi connectivity index (χ2v) is 19.0. The van der Waals surface area contributed by atoms with Crippen molar-refractivity contribution in [3.8, 4) is 0 Å². The van der Waals surface area contributed by atoms with E-state index in [1.165, 1.54) is 11.8 Å². The highest BCUT2D eigenvalue weighted by molar-refractivity contribution is 5.75. The first-order valence-corrected chi connectivity index (χ1v) is 24.1. The molecule has 2 atom stereocenters. The lowest BCUT2D eigenvalue weighted by Crippen LogP contribution is -2.46. The summed E-state index contributed by atoms with van der Waals surface area (Å²) in [5.41, 5.74) is 1.42. The Balaban J connectivity index is 1.19. The predicted molar refractivity (Wildman–Crippen MR) is 267 cm³/mol. The molecular weight excluding hydrogens is 883 g/mol. The minimum Gasteiger partial charge on any atom is -0.475 e. The fourth-order valence-corrected chi connectivity index (χ4v) is 7.84. The van der Waals surface area contributed by atoms with Crippen molar-refractivity contribution in [2.24, 2.45) is 10.8 Å². The Labute approximate surface area is 408 Å². The maximum absolute atomic E-state index is 12.6. The number of carbonyl (C=O) groups excluding carboxylic acids is 4. The van der Waals surface area contributed by atoms with Crippen molar-refractivity contribution < 1.29 is 37.2 Å². The number of nitrogens with one attached hydrogen (secondary N) is 9. The van der Waals surface area contributed by atoms with E-state index in [-0.39, 0.29) is 41.0 Å². The van der Waals surface area contributed by atoms with Crippen LogP contribution in [0.3, 0.4) is 0 Å². The maximum Gasteiger partial charge on any atom is 0.317 e. The van der Waals surface area contributed by atoms with Crippen LogP contribution in [-0.4, -0.2) is 118 Å². The molecule has 69 heavy (non-hydrogen) atoms. The Morgan fingerprint density at radius 2 is 1.09 bits per heavy atom. The number of urea groups is 4. The van der Waals surface area contributed by atoms with Gasteiger partial charge in [-0.15, -0.1) is 0 Å². The highest BCUT2D eigenvalue weighted by Gasteiger charge is 2.23. The van der Waals surface area contributed by atoms with Crippen molar-refractivity contribution >= 4 is 24.1 Å². The number of hydrogen-bond donors (Lipinski definition) is 9. The predicted octanol–water partition coefficient (Wildman–Crippen LogP) is 6.13. The number of furan rings is 3. The van der Waals surface area contributed by atoms with Gasteiger partial charge < -0.3 is 60.5 Å². The summed E-state index contributed by atoms with van der Waals surface area (Å²) in [5, 5.41) is 26.6. The summed E-state index contributed by atoms with van der Waals surface area (Å²) in [6, 6.07) is 9.92. The average molecular weight is 962 g/mol. The SMILES string of the molecule is C/C(=C/CC(C)(C)CC(C)NCCN(CCNC(=O)NCc1ccco1)CCNC(=O)NCc1ccco1)CC(C)(C)CCN(CCNC(=O)NCc1ccco1)CCNC(=O)NC1C=CC=CO1. The van der Waals surface area contributed by atoms with Gasteiger partial charge in [0.1, 0.15) is 17.3 Å². The summed E-state index contributed by atoms with van der Waals surface area (Å²) in [5.74, 6) is 2.04. The van der Waals surface area contributed by atoms with Crippen molar-refractivity contribution in [3.63, 3.8) is 0 Å². The van der Waals surface area contributed by atoms with Crippen LogP contribution in [0.2, 0.25) is 0 Å². The van der Waals surface area contributed by atoms with Gasteiger partial charge in [0.2, 0.25) is 0 Å². The second-order valence-electron chi connectivity index (χ2n) is 19.0. The molecule has 3 aromatic heterocycles. The van der Waals surface area contributed by atoms with Crippen LogP contribution in [0, 0.1) is 10.8 Å². The van der Waals surface area contributed by atoms with Crippen LogP contribution in [-0.2, 0) is 24.4 Å². The molecule has 0 fully saturated rings. The second kappa shape index (κ2) is 30.3. The van der Waals surface area contributed by atoms with Crippen molar-refractivity contribution in [2.75, 3.05) is 72.0 Å². The van der Waals surface area contributed by atoms with Gasteiger partial charge in [-0.1, -0.05) is 45.4 Å².